The lowest BCUT2D eigenvalue weighted by atomic mass is 9.95. The van der Waals surface area contributed by atoms with E-state index in [4.69, 9.17) is 10.2 Å². The fraction of sp³-hybridized carbons (Fsp3) is 0.529. The molecule has 1 unspecified atom stereocenters. The summed E-state index contributed by atoms with van der Waals surface area (Å²) in [5, 5.41) is 18.0. The van der Waals surface area contributed by atoms with Crippen LogP contribution in [0.4, 0.5) is 0 Å². The van der Waals surface area contributed by atoms with Crippen molar-refractivity contribution in [1.82, 2.24) is 0 Å². The van der Waals surface area contributed by atoms with Crippen molar-refractivity contribution >= 4 is 5.57 Å². The fourth-order valence-corrected chi connectivity index (χ4v) is 2.33. The van der Waals surface area contributed by atoms with E-state index in [1.165, 1.54) is 11.1 Å². The predicted molar refractivity (Wildman–Crippen MR) is 80.6 cm³/mol. The van der Waals surface area contributed by atoms with Crippen LogP contribution in [0.1, 0.15) is 51.5 Å². The van der Waals surface area contributed by atoms with Crippen LogP contribution in [0.3, 0.4) is 0 Å². The smallest absolute Gasteiger partial charge is 0.151 e. The van der Waals surface area contributed by atoms with E-state index in [2.05, 4.69) is 44.2 Å². The second-order valence-electron chi connectivity index (χ2n) is 5.17. The van der Waals surface area contributed by atoms with Crippen LogP contribution in [-0.4, -0.2) is 16.5 Å². The normalized spacial score (nSPS) is 13.8. The van der Waals surface area contributed by atoms with Gasteiger partial charge >= 0.3 is 0 Å². The lowest BCUT2D eigenvalue weighted by molar-refractivity contribution is -0.0570. The summed E-state index contributed by atoms with van der Waals surface area (Å²) in [7, 11) is 0. The van der Waals surface area contributed by atoms with Crippen LogP contribution in [-0.2, 0) is 0 Å². The Labute approximate surface area is 116 Å². The molecule has 0 amide bonds. The SMILES string of the molecule is CCC(CCCC=C(C)c1ccccc1)CC(O)O. The van der Waals surface area contributed by atoms with Crippen molar-refractivity contribution < 1.29 is 10.2 Å². The first-order valence-electron chi connectivity index (χ1n) is 7.21. The van der Waals surface area contributed by atoms with Crippen molar-refractivity contribution in [2.45, 2.75) is 52.2 Å². The Morgan fingerprint density at radius 1 is 1.21 bits per heavy atom. The summed E-state index contributed by atoms with van der Waals surface area (Å²) in [6.45, 7) is 4.25. The molecule has 0 radical (unpaired) electrons. The molecule has 0 aliphatic heterocycles. The summed E-state index contributed by atoms with van der Waals surface area (Å²) in [5.41, 5.74) is 2.59. The van der Waals surface area contributed by atoms with Crippen LogP contribution in [0.2, 0.25) is 0 Å². The highest BCUT2D eigenvalue weighted by Crippen LogP contribution is 2.20. The Balaban J connectivity index is 2.33. The van der Waals surface area contributed by atoms with Crippen molar-refractivity contribution in [3.63, 3.8) is 0 Å². The van der Waals surface area contributed by atoms with Gasteiger partial charge in [-0.25, -0.2) is 0 Å². The third-order valence-electron chi connectivity index (χ3n) is 3.62. The average Bonchev–Trinajstić information content (AvgIpc) is 2.42. The molecule has 1 aromatic carbocycles. The van der Waals surface area contributed by atoms with Gasteiger partial charge in [0.2, 0.25) is 0 Å². The van der Waals surface area contributed by atoms with Crippen molar-refractivity contribution in [1.29, 1.82) is 0 Å². The molecule has 2 heteroatoms. The molecule has 2 N–H and O–H groups in total. The Hall–Kier alpha value is -1.12. The molecule has 0 aliphatic rings. The number of benzene rings is 1. The Morgan fingerprint density at radius 2 is 1.89 bits per heavy atom. The minimum Gasteiger partial charge on any atom is -0.368 e. The molecule has 0 saturated carbocycles. The molecular weight excluding hydrogens is 236 g/mol. The Morgan fingerprint density at radius 3 is 2.47 bits per heavy atom. The Bertz CT molecular complexity index is 368. The molecule has 0 spiro atoms. The largest absolute Gasteiger partial charge is 0.368 e. The van der Waals surface area contributed by atoms with Crippen LogP contribution in [0, 0.1) is 5.92 Å². The van der Waals surface area contributed by atoms with Gasteiger partial charge in [-0.05, 0) is 43.2 Å². The Kier molecular flexibility index (Phi) is 7.46. The number of aliphatic hydroxyl groups excluding tert-OH is 1. The van der Waals surface area contributed by atoms with Gasteiger partial charge in [0.25, 0.3) is 0 Å². The van der Waals surface area contributed by atoms with Crippen molar-refractivity contribution in [3.8, 4) is 0 Å². The lowest BCUT2D eigenvalue weighted by Crippen LogP contribution is -2.12. The standard InChI is InChI=1S/C17H26O2/c1-3-15(13-17(18)19)10-8-7-9-14(2)16-11-5-4-6-12-16/h4-6,9,11-12,15,17-19H,3,7-8,10,13H2,1-2H3. The average molecular weight is 262 g/mol. The van der Waals surface area contributed by atoms with Gasteiger partial charge in [-0.1, -0.05) is 49.8 Å². The van der Waals surface area contributed by atoms with Crippen LogP contribution in [0.25, 0.3) is 5.57 Å². The number of rotatable bonds is 8. The molecule has 2 nitrogen and oxygen atoms in total. The molecule has 0 aromatic heterocycles. The molecule has 0 fully saturated rings. The first-order chi connectivity index (χ1) is 9.13. The van der Waals surface area contributed by atoms with E-state index in [-0.39, 0.29) is 0 Å². The van der Waals surface area contributed by atoms with Crippen molar-refractivity contribution in [2.75, 3.05) is 0 Å². The summed E-state index contributed by atoms with van der Waals surface area (Å²) in [5.74, 6) is 0.422. The van der Waals surface area contributed by atoms with Gasteiger partial charge in [0.15, 0.2) is 6.29 Å². The molecule has 106 valence electrons. The number of unbranched alkanes of at least 4 members (excludes halogenated alkanes) is 1. The zero-order chi connectivity index (χ0) is 14.1. The lowest BCUT2D eigenvalue weighted by Gasteiger charge is -2.15. The van der Waals surface area contributed by atoms with Crippen LogP contribution in [0.5, 0.6) is 0 Å². The van der Waals surface area contributed by atoms with Gasteiger partial charge in [0, 0.05) is 6.42 Å². The molecule has 19 heavy (non-hydrogen) atoms. The summed E-state index contributed by atoms with van der Waals surface area (Å²) < 4.78 is 0. The van der Waals surface area contributed by atoms with Gasteiger partial charge in [-0.3, -0.25) is 0 Å². The molecule has 0 heterocycles. The highest BCUT2D eigenvalue weighted by Gasteiger charge is 2.09. The van der Waals surface area contributed by atoms with Gasteiger partial charge < -0.3 is 10.2 Å². The summed E-state index contributed by atoms with van der Waals surface area (Å²) in [6, 6.07) is 10.4. The molecule has 1 atom stereocenters. The number of allylic oxidation sites excluding steroid dienone is 2. The summed E-state index contributed by atoms with van der Waals surface area (Å²) in [6.07, 6.45) is 5.85. The molecule has 0 saturated heterocycles. The minimum atomic E-state index is -1.16. The van der Waals surface area contributed by atoms with E-state index in [1.54, 1.807) is 0 Å². The zero-order valence-corrected chi connectivity index (χ0v) is 12.0. The first-order valence-corrected chi connectivity index (χ1v) is 7.21. The molecule has 1 aromatic rings. The summed E-state index contributed by atoms with van der Waals surface area (Å²) in [4.78, 5) is 0. The maximum Gasteiger partial charge on any atom is 0.151 e. The van der Waals surface area contributed by atoms with Crippen LogP contribution in [0.15, 0.2) is 36.4 Å². The third kappa shape index (κ3) is 6.55. The third-order valence-corrected chi connectivity index (χ3v) is 3.62. The highest BCUT2D eigenvalue weighted by atomic mass is 16.5. The van der Waals surface area contributed by atoms with Gasteiger partial charge in [-0.15, -0.1) is 0 Å². The number of aliphatic hydroxyl groups is 2. The predicted octanol–water partition coefficient (Wildman–Crippen LogP) is 3.99. The maximum atomic E-state index is 8.99. The van der Waals surface area contributed by atoms with Gasteiger partial charge in [0.1, 0.15) is 0 Å². The van der Waals surface area contributed by atoms with E-state index >= 15 is 0 Å². The van der Waals surface area contributed by atoms with Crippen LogP contribution >= 0.6 is 0 Å². The molecular formula is C17H26O2. The van der Waals surface area contributed by atoms with Gasteiger partial charge in [-0.2, -0.15) is 0 Å². The van der Waals surface area contributed by atoms with Crippen LogP contribution < -0.4 is 0 Å². The molecule has 0 bridgehead atoms. The molecule has 1 rings (SSSR count). The van der Waals surface area contributed by atoms with E-state index in [1.807, 2.05) is 6.07 Å². The number of hydrogen-bond acceptors (Lipinski definition) is 2. The zero-order valence-electron chi connectivity index (χ0n) is 12.0. The van der Waals surface area contributed by atoms with E-state index in [0.717, 1.165) is 25.7 Å². The van der Waals surface area contributed by atoms with Gasteiger partial charge in [0.05, 0.1) is 0 Å². The topological polar surface area (TPSA) is 40.5 Å². The second-order valence-corrected chi connectivity index (χ2v) is 5.17. The van der Waals surface area contributed by atoms with E-state index < -0.39 is 6.29 Å². The first kappa shape index (κ1) is 15.9. The quantitative estimate of drug-likeness (QED) is 0.549. The monoisotopic (exact) mass is 262 g/mol. The van der Waals surface area contributed by atoms with Crippen molar-refractivity contribution in [3.05, 3.63) is 42.0 Å². The summed E-state index contributed by atoms with van der Waals surface area (Å²) >= 11 is 0. The minimum absolute atomic E-state index is 0.422. The fourth-order valence-electron chi connectivity index (χ4n) is 2.33. The molecule has 0 aliphatic carbocycles. The van der Waals surface area contributed by atoms with E-state index in [9.17, 15) is 0 Å². The van der Waals surface area contributed by atoms with E-state index in [0.29, 0.717) is 12.3 Å². The van der Waals surface area contributed by atoms with Crippen molar-refractivity contribution in [2.24, 2.45) is 5.92 Å². The maximum absolute atomic E-state index is 8.99. The number of hydrogen-bond donors (Lipinski definition) is 2. The second kappa shape index (κ2) is 8.89. The highest BCUT2D eigenvalue weighted by molar-refractivity contribution is 5.63.